The Balaban J connectivity index is 1.50. The number of rotatable bonds is 8. The first kappa shape index (κ1) is 24.6. The van der Waals surface area contributed by atoms with Gasteiger partial charge in [0.1, 0.15) is 12.4 Å². The van der Waals surface area contributed by atoms with Crippen molar-refractivity contribution >= 4 is 34.5 Å². The number of hydrogen-bond donors (Lipinski definition) is 2. The van der Waals surface area contributed by atoms with Crippen LogP contribution < -0.4 is 14.9 Å². The smallest absolute Gasteiger partial charge is 0.275 e. The maximum Gasteiger partial charge on any atom is 0.275 e. The minimum atomic E-state index is -0.554. The first-order valence-electron chi connectivity index (χ1n) is 11.1. The number of amides is 1. The Labute approximate surface area is 213 Å². The van der Waals surface area contributed by atoms with Crippen molar-refractivity contribution in [1.29, 1.82) is 5.26 Å². The molecule has 4 aromatic carbocycles. The third kappa shape index (κ3) is 5.57. The van der Waals surface area contributed by atoms with E-state index in [2.05, 4.69) is 16.6 Å². The molecule has 36 heavy (non-hydrogen) atoms. The molecule has 0 saturated carbocycles. The van der Waals surface area contributed by atoms with E-state index in [1.54, 1.807) is 30.3 Å². The van der Waals surface area contributed by atoms with Crippen molar-refractivity contribution in [3.63, 3.8) is 0 Å². The predicted octanol–water partition coefficient (Wildman–Crippen LogP) is 5.81. The molecule has 180 valence electrons. The predicted molar refractivity (Wildman–Crippen MR) is 139 cm³/mol. The Hall–Kier alpha value is -4.54. The molecule has 0 atom stereocenters. The van der Waals surface area contributed by atoms with Crippen LogP contribution in [0.4, 0.5) is 0 Å². The highest BCUT2D eigenvalue weighted by Crippen LogP contribution is 2.37. The summed E-state index contributed by atoms with van der Waals surface area (Å²) in [6.45, 7) is 2.35. The molecule has 0 fully saturated rings. The minimum Gasteiger partial charge on any atom is -0.507 e. The van der Waals surface area contributed by atoms with Crippen molar-refractivity contribution in [2.24, 2.45) is 5.10 Å². The Kier molecular flexibility index (Phi) is 7.69. The Morgan fingerprint density at radius 3 is 2.56 bits per heavy atom. The van der Waals surface area contributed by atoms with Crippen LogP contribution in [-0.4, -0.2) is 23.8 Å². The lowest BCUT2D eigenvalue weighted by Gasteiger charge is -2.15. The van der Waals surface area contributed by atoms with E-state index in [4.69, 9.17) is 21.1 Å². The van der Waals surface area contributed by atoms with Crippen LogP contribution in [0, 0.1) is 11.3 Å². The largest absolute Gasteiger partial charge is 0.507 e. The number of carbonyl (C=O) groups is 1. The summed E-state index contributed by atoms with van der Waals surface area (Å²) in [5.41, 5.74) is 4.34. The molecule has 0 aromatic heterocycles. The zero-order valence-corrected chi connectivity index (χ0v) is 20.1. The number of fused-ring (bicyclic) bond motifs is 1. The maximum absolute atomic E-state index is 12.6. The van der Waals surface area contributed by atoms with Crippen LogP contribution in [0.2, 0.25) is 5.02 Å². The van der Waals surface area contributed by atoms with Gasteiger partial charge in [-0.2, -0.15) is 10.4 Å². The molecule has 0 spiro atoms. The molecule has 0 aliphatic carbocycles. The number of nitrogens with one attached hydrogen (secondary N) is 1. The molecule has 0 unspecified atom stereocenters. The molecule has 4 rings (SSSR count). The van der Waals surface area contributed by atoms with Crippen LogP contribution in [0.3, 0.4) is 0 Å². The summed E-state index contributed by atoms with van der Waals surface area (Å²) in [6.07, 6.45) is 1.42. The van der Waals surface area contributed by atoms with Gasteiger partial charge in [-0.3, -0.25) is 4.79 Å². The van der Waals surface area contributed by atoms with Crippen LogP contribution in [0.5, 0.6) is 17.2 Å². The lowest BCUT2D eigenvalue weighted by Crippen LogP contribution is -2.17. The van der Waals surface area contributed by atoms with Gasteiger partial charge in [0, 0.05) is 5.56 Å². The third-order valence-electron chi connectivity index (χ3n) is 5.33. The zero-order chi connectivity index (χ0) is 25.5. The van der Waals surface area contributed by atoms with E-state index in [0.29, 0.717) is 29.2 Å². The van der Waals surface area contributed by atoms with Gasteiger partial charge in [-0.05, 0) is 53.6 Å². The van der Waals surface area contributed by atoms with Gasteiger partial charge in [0.15, 0.2) is 11.5 Å². The van der Waals surface area contributed by atoms with E-state index in [9.17, 15) is 15.2 Å². The fourth-order valence-electron chi connectivity index (χ4n) is 3.61. The molecular weight excluding hydrogens is 478 g/mol. The highest BCUT2D eigenvalue weighted by atomic mass is 35.5. The van der Waals surface area contributed by atoms with Crippen LogP contribution in [0.15, 0.2) is 77.9 Å². The number of phenols is 1. The van der Waals surface area contributed by atoms with Gasteiger partial charge in [-0.1, -0.05) is 54.1 Å². The lowest BCUT2D eigenvalue weighted by atomic mass is 10.1. The first-order chi connectivity index (χ1) is 17.5. The molecule has 4 aromatic rings. The zero-order valence-electron chi connectivity index (χ0n) is 19.4. The van der Waals surface area contributed by atoms with Crippen LogP contribution in [0.1, 0.15) is 34.0 Å². The van der Waals surface area contributed by atoms with E-state index in [1.807, 2.05) is 43.3 Å². The summed E-state index contributed by atoms with van der Waals surface area (Å²) in [5.74, 6) is 0.0530. The molecule has 0 aliphatic heterocycles. The number of phenolic OH excluding ortho intramolecular Hbond substituents is 1. The molecule has 1 amide bonds. The Morgan fingerprint density at radius 2 is 1.81 bits per heavy atom. The second kappa shape index (κ2) is 11.3. The van der Waals surface area contributed by atoms with Crippen LogP contribution >= 0.6 is 11.6 Å². The SMILES string of the molecule is CCOc1cc(C=NNC(=O)c2cc3ccccc3cc2O)cc(Cl)c1OCc1ccccc1C#N. The molecule has 2 N–H and O–H groups in total. The average Bonchev–Trinajstić information content (AvgIpc) is 2.88. The topological polar surface area (TPSA) is 104 Å². The number of halogens is 1. The van der Waals surface area contributed by atoms with Gasteiger partial charge in [0.2, 0.25) is 0 Å². The lowest BCUT2D eigenvalue weighted by molar-refractivity contribution is 0.0952. The van der Waals surface area contributed by atoms with Crippen LogP contribution in [0.25, 0.3) is 10.8 Å². The van der Waals surface area contributed by atoms with Crippen molar-refractivity contribution in [2.45, 2.75) is 13.5 Å². The molecule has 0 heterocycles. The molecule has 8 heteroatoms. The summed E-state index contributed by atoms with van der Waals surface area (Å²) in [6, 6.07) is 23.2. The van der Waals surface area contributed by atoms with Gasteiger partial charge in [0.25, 0.3) is 5.91 Å². The number of hydrogen-bond acceptors (Lipinski definition) is 6. The first-order valence-corrected chi connectivity index (χ1v) is 11.5. The fraction of sp³-hybridized carbons (Fsp3) is 0.107. The van der Waals surface area contributed by atoms with Crippen molar-refractivity contribution in [2.75, 3.05) is 6.61 Å². The van der Waals surface area contributed by atoms with Gasteiger partial charge in [0.05, 0.1) is 35.0 Å². The third-order valence-corrected chi connectivity index (χ3v) is 5.61. The summed E-state index contributed by atoms with van der Waals surface area (Å²) in [5, 5.41) is 25.5. The maximum atomic E-state index is 12.6. The molecule has 0 radical (unpaired) electrons. The molecular formula is C28H22ClN3O4. The van der Waals surface area contributed by atoms with Crippen molar-refractivity contribution in [3.05, 3.63) is 100 Å². The van der Waals surface area contributed by atoms with Crippen molar-refractivity contribution < 1.29 is 19.4 Å². The molecule has 7 nitrogen and oxygen atoms in total. The van der Waals surface area contributed by atoms with E-state index in [0.717, 1.165) is 16.3 Å². The van der Waals surface area contributed by atoms with Gasteiger partial charge in [-0.15, -0.1) is 0 Å². The molecule has 0 aliphatic rings. The number of hydrazone groups is 1. The Morgan fingerprint density at radius 1 is 1.08 bits per heavy atom. The summed E-state index contributed by atoms with van der Waals surface area (Å²) in [4.78, 5) is 12.6. The van der Waals surface area contributed by atoms with Gasteiger partial charge in [-0.25, -0.2) is 5.43 Å². The second-order valence-electron chi connectivity index (χ2n) is 7.74. The minimum absolute atomic E-state index is 0.111. The van der Waals surface area contributed by atoms with E-state index < -0.39 is 5.91 Å². The highest BCUT2D eigenvalue weighted by Gasteiger charge is 2.14. The van der Waals surface area contributed by atoms with Crippen molar-refractivity contribution in [1.82, 2.24) is 5.43 Å². The summed E-state index contributed by atoms with van der Waals surface area (Å²) in [7, 11) is 0. The standard InChI is InChI=1S/C28H22ClN3O4/c1-2-35-26-12-18(11-24(29)27(26)36-17-22-10-6-5-9-21(22)15-30)16-31-32-28(34)23-13-19-7-3-4-8-20(19)14-25(23)33/h3-14,16,33H,2,17H2,1H3,(H,32,34). The highest BCUT2D eigenvalue weighted by molar-refractivity contribution is 6.32. The summed E-state index contributed by atoms with van der Waals surface area (Å²) >= 11 is 6.47. The normalized spacial score (nSPS) is 10.8. The quantitative estimate of drug-likeness (QED) is 0.235. The number of nitriles is 1. The fourth-order valence-corrected chi connectivity index (χ4v) is 3.88. The van der Waals surface area contributed by atoms with E-state index in [1.165, 1.54) is 12.3 Å². The average molecular weight is 500 g/mol. The monoisotopic (exact) mass is 499 g/mol. The number of nitrogens with zero attached hydrogens (tertiary/aromatic N) is 2. The Bertz CT molecular complexity index is 1490. The van der Waals surface area contributed by atoms with Crippen LogP contribution in [-0.2, 0) is 6.61 Å². The van der Waals surface area contributed by atoms with E-state index in [-0.39, 0.29) is 22.9 Å². The summed E-state index contributed by atoms with van der Waals surface area (Å²) < 4.78 is 11.6. The van der Waals surface area contributed by atoms with Gasteiger partial charge >= 0.3 is 0 Å². The van der Waals surface area contributed by atoms with E-state index >= 15 is 0 Å². The van der Waals surface area contributed by atoms with Gasteiger partial charge < -0.3 is 14.6 Å². The number of carbonyl (C=O) groups excluding carboxylic acids is 1. The van der Waals surface area contributed by atoms with Crippen molar-refractivity contribution in [3.8, 4) is 23.3 Å². The number of aromatic hydroxyl groups is 1. The number of ether oxygens (including phenoxy) is 2. The molecule has 0 bridgehead atoms. The second-order valence-corrected chi connectivity index (χ2v) is 8.14. The molecule has 0 saturated heterocycles. The number of benzene rings is 4.